The van der Waals surface area contributed by atoms with Crippen LogP contribution in [-0.4, -0.2) is 74.7 Å². The average molecular weight is 409 g/mol. The topological polar surface area (TPSA) is 120 Å². The molecule has 1 aliphatic heterocycles. The summed E-state index contributed by atoms with van der Waals surface area (Å²) in [6, 6.07) is 12.2. The maximum Gasteiger partial charge on any atom is 0.414 e. The summed E-state index contributed by atoms with van der Waals surface area (Å²) in [6.45, 7) is 7.49. The Morgan fingerprint density at radius 1 is 0.967 bits per heavy atom. The van der Waals surface area contributed by atoms with Gasteiger partial charge in [0.05, 0.1) is 5.52 Å². The van der Waals surface area contributed by atoms with Crippen molar-refractivity contribution in [3.63, 3.8) is 0 Å². The first-order chi connectivity index (χ1) is 14.5. The number of anilines is 1. The average Bonchev–Trinajstić information content (AvgIpc) is 2.79. The van der Waals surface area contributed by atoms with Crippen LogP contribution >= 0.6 is 0 Å². The van der Waals surface area contributed by atoms with Gasteiger partial charge in [-0.15, -0.1) is 0 Å². The van der Waals surface area contributed by atoms with Crippen molar-refractivity contribution in [2.45, 2.75) is 6.92 Å². The molecular formula is C21H23N5O4. The molecule has 30 heavy (non-hydrogen) atoms. The van der Waals surface area contributed by atoms with Crippen LogP contribution in [0.25, 0.3) is 22.3 Å². The predicted octanol–water partition coefficient (Wildman–Crippen LogP) is 1.99. The first-order valence-electron chi connectivity index (χ1n) is 9.60. The fourth-order valence-electron chi connectivity index (χ4n) is 3.20. The zero-order valence-corrected chi connectivity index (χ0v) is 16.6. The van der Waals surface area contributed by atoms with Crippen molar-refractivity contribution in [2.24, 2.45) is 0 Å². The third-order valence-corrected chi connectivity index (χ3v) is 4.80. The number of hydrogen-bond donors (Lipinski definition) is 2. The van der Waals surface area contributed by atoms with Crippen LogP contribution in [0.3, 0.4) is 0 Å². The van der Waals surface area contributed by atoms with Crippen LogP contribution in [-0.2, 0) is 9.59 Å². The van der Waals surface area contributed by atoms with Crippen molar-refractivity contribution in [3.8, 4) is 11.4 Å². The van der Waals surface area contributed by atoms with Gasteiger partial charge in [-0.2, -0.15) is 0 Å². The fraction of sp³-hybridized carbons (Fsp3) is 0.286. The molecule has 1 fully saturated rings. The van der Waals surface area contributed by atoms with Crippen molar-refractivity contribution in [1.29, 1.82) is 0 Å². The number of hydrogen-bond acceptors (Lipinski definition) is 7. The van der Waals surface area contributed by atoms with E-state index in [1.165, 1.54) is 0 Å². The first kappa shape index (κ1) is 21.1. The third kappa shape index (κ3) is 5.06. The van der Waals surface area contributed by atoms with E-state index in [9.17, 15) is 0 Å². The highest BCUT2D eigenvalue weighted by atomic mass is 16.4. The van der Waals surface area contributed by atoms with Crippen LogP contribution in [0.1, 0.15) is 6.92 Å². The molecule has 1 saturated heterocycles. The summed E-state index contributed by atoms with van der Waals surface area (Å²) < 4.78 is 0. The number of piperazine rings is 1. The Morgan fingerprint density at radius 2 is 1.67 bits per heavy atom. The van der Waals surface area contributed by atoms with Gasteiger partial charge < -0.3 is 20.0 Å². The molecule has 1 aliphatic rings. The van der Waals surface area contributed by atoms with Gasteiger partial charge in [0.2, 0.25) is 0 Å². The fourth-order valence-corrected chi connectivity index (χ4v) is 3.20. The van der Waals surface area contributed by atoms with Crippen LogP contribution in [0, 0.1) is 0 Å². The highest BCUT2D eigenvalue weighted by Crippen LogP contribution is 2.27. The zero-order valence-electron chi connectivity index (χ0n) is 16.6. The van der Waals surface area contributed by atoms with Gasteiger partial charge in [-0.05, 0) is 30.8 Å². The molecule has 0 spiro atoms. The second-order valence-corrected chi connectivity index (χ2v) is 6.66. The second-order valence-electron chi connectivity index (χ2n) is 6.66. The van der Waals surface area contributed by atoms with Gasteiger partial charge in [0.15, 0.2) is 5.82 Å². The van der Waals surface area contributed by atoms with Crippen LogP contribution in [0.15, 0.2) is 48.8 Å². The van der Waals surface area contributed by atoms with Crippen molar-refractivity contribution in [2.75, 3.05) is 37.6 Å². The van der Waals surface area contributed by atoms with E-state index in [1.54, 1.807) is 6.20 Å². The van der Waals surface area contributed by atoms with Crippen LogP contribution < -0.4 is 4.90 Å². The lowest BCUT2D eigenvalue weighted by Gasteiger charge is -2.35. The lowest BCUT2D eigenvalue weighted by atomic mass is 10.2. The summed E-state index contributed by atoms with van der Waals surface area (Å²) in [5.41, 5.74) is 1.94. The van der Waals surface area contributed by atoms with Gasteiger partial charge in [0, 0.05) is 49.5 Å². The molecule has 0 bridgehead atoms. The highest BCUT2D eigenvalue weighted by Gasteiger charge is 2.20. The molecule has 3 aromatic rings. The summed E-state index contributed by atoms with van der Waals surface area (Å²) >= 11 is 0. The highest BCUT2D eigenvalue weighted by molar-refractivity contribution is 6.27. The molecule has 156 valence electrons. The Hall–Kier alpha value is -3.59. The minimum absolute atomic E-state index is 0.745. The predicted molar refractivity (Wildman–Crippen MR) is 112 cm³/mol. The van der Waals surface area contributed by atoms with Crippen molar-refractivity contribution < 1.29 is 19.8 Å². The molecule has 2 aromatic heterocycles. The Morgan fingerprint density at radius 3 is 2.27 bits per heavy atom. The minimum Gasteiger partial charge on any atom is -0.473 e. The molecule has 0 saturated carbocycles. The van der Waals surface area contributed by atoms with Crippen LogP contribution in [0.2, 0.25) is 0 Å². The molecule has 0 aliphatic carbocycles. The largest absolute Gasteiger partial charge is 0.473 e. The van der Waals surface area contributed by atoms with Crippen LogP contribution in [0.4, 0.5) is 5.82 Å². The number of rotatable bonds is 3. The number of aliphatic carboxylic acids is 2. The molecule has 9 nitrogen and oxygen atoms in total. The number of pyridine rings is 1. The Bertz CT molecular complexity index is 1010. The van der Waals surface area contributed by atoms with Crippen molar-refractivity contribution >= 4 is 28.7 Å². The number of likely N-dealkylation sites (N-methyl/N-ethyl adjacent to an activating group) is 1. The number of carboxylic acid groups (broad SMARTS) is 2. The van der Waals surface area contributed by atoms with E-state index in [0.717, 1.165) is 60.8 Å². The zero-order chi connectivity index (χ0) is 21.5. The molecule has 9 heteroatoms. The summed E-state index contributed by atoms with van der Waals surface area (Å²) in [4.78, 5) is 36.9. The van der Waals surface area contributed by atoms with Gasteiger partial charge >= 0.3 is 11.9 Å². The van der Waals surface area contributed by atoms with Crippen molar-refractivity contribution in [3.05, 3.63) is 48.8 Å². The number of fused-ring (bicyclic) bond motifs is 1. The third-order valence-electron chi connectivity index (χ3n) is 4.80. The second kappa shape index (κ2) is 9.75. The Kier molecular flexibility index (Phi) is 6.87. The molecular weight excluding hydrogens is 386 g/mol. The SMILES string of the molecule is CCN1CCN(c2nc(-c3cccnc3)nc3ccccc23)CC1.O=C(O)C(=O)O. The quantitative estimate of drug-likeness (QED) is 0.626. The van der Waals surface area contributed by atoms with Crippen molar-refractivity contribution in [1.82, 2.24) is 19.9 Å². The lowest BCUT2D eigenvalue weighted by molar-refractivity contribution is -0.159. The van der Waals surface area contributed by atoms with Gasteiger partial charge in [0.1, 0.15) is 5.82 Å². The maximum absolute atomic E-state index is 9.10. The molecule has 0 amide bonds. The number of carboxylic acids is 2. The van der Waals surface area contributed by atoms with Crippen LogP contribution in [0.5, 0.6) is 0 Å². The smallest absolute Gasteiger partial charge is 0.414 e. The van der Waals surface area contributed by atoms with Gasteiger partial charge in [-0.25, -0.2) is 19.6 Å². The van der Waals surface area contributed by atoms with E-state index < -0.39 is 11.9 Å². The monoisotopic (exact) mass is 409 g/mol. The normalized spacial score (nSPS) is 14.1. The molecule has 0 atom stereocenters. The first-order valence-corrected chi connectivity index (χ1v) is 9.60. The number of nitrogens with zero attached hydrogens (tertiary/aromatic N) is 5. The summed E-state index contributed by atoms with van der Waals surface area (Å²) in [6.07, 6.45) is 3.60. The summed E-state index contributed by atoms with van der Waals surface area (Å²) in [5.74, 6) is -1.87. The lowest BCUT2D eigenvalue weighted by Crippen LogP contribution is -2.46. The number of benzene rings is 1. The summed E-state index contributed by atoms with van der Waals surface area (Å²) in [5, 5.41) is 15.9. The van der Waals surface area contributed by atoms with E-state index >= 15 is 0 Å². The molecule has 0 unspecified atom stereocenters. The number of aromatic nitrogens is 3. The van der Waals surface area contributed by atoms with Gasteiger partial charge in [-0.3, -0.25) is 4.98 Å². The molecule has 1 aromatic carbocycles. The molecule has 4 rings (SSSR count). The Balaban J connectivity index is 0.000000377. The van der Waals surface area contributed by atoms with E-state index in [1.807, 2.05) is 24.4 Å². The Labute approximate surface area is 173 Å². The van der Waals surface area contributed by atoms with E-state index in [4.69, 9.17) is 29.8 Å². The molecule has 3 heterocycles. The van der Waals surface area contributed by atoms with Gasteiger partial charge in [-0.1, -0.05) is 19.1 Å². The molecule has 0 radical (unpaired) electrons. The maximum atomic E-state index is 9.10. The van der Waals surface area contributed by atoms with E-state index in [-0.39, 0.29) is 0 Å². The van der Waals surface area contributed by atoms with Gasteiger partial charge in [0.25, 0.3) is 0 Å². The molecule has 2 N–H and O–H groups in total. The summed E-state index contributed by atoms with van der Waals surface area (Å²) in [7, 11) is 0. The number of carbonyl (C=O) groups is 2. The minimum atomic E-state index is -1.82. The van der Waals surface area contributed by atoms with E-state index in [2.05, 4.69) is 39.9 Å². The van der Waals surface area contributed by atoms with E-state index in [0.29, 0.717) is 0 Å². The number of para-hydroxylation sites is 1. The standard InChI is InChI=1S/C19H21N5.C2H2O4/c1-2-23-10-12-24(13-11-23)19-16-7-3-4-8-17(16)21-18(22-19)15-6-5-9-20-14-15;3-1(4)2(5)6/h3-9,14H,2,10-13H2,1H3;(H,3,4)(H,5,6).